The van der Waals surface area contributed by atoms with Crippen LogP contribution in [-0.4, -0.2) is 81.7 Å². The van der Waals surface area contributed by atoms with Crippen LogP contribution in [-0.2, 0) is 25.4 Å². The number of cyclic esters (lactones) is 1. The Morgan fingerprint density at radius 3 is 2.65 bits per heavy atom. The summed E-state index contributed by atoms with van der Waals surface area (Å²) in [5.74, 6) is -2.03. The quantitative estimate of drug-likeness (QED) is 0.349. The van der Waals surface area contributed by atoms with Gasteiger partial charge in [0.1, 0.15) is 47.6 Å². The molecule has 0 aliphatic carbocycles. The summed E-state index contributed by atoms with van der Waals surface area (Å²) in [6.07, 6.45) is 0.217. The minimum Gasteiger partial charge on any atom is -0.507 e. The highest BCUT2D eigenvalue weighted by molar-refractivity contribution is 6.33. The topological polar surface area (TPSA) is 155 Å². The van der Waals surface area contributed by atoms with E-state index in [0.29, 0.717) is 6.42 Å². The maximum Gasteiger partial charge on any atom is 0.342 e. The lowest BCUT2D eigenvalue weighted by Gasteiger charge is -2.21. The molecule has 0 amide bonds. The monoisotopic (exact) mass is 496 g/mol. The number of fused-ring (bicyclic) bond motifs is 2. The van der Waals surface area contributed by atoms with E-state index in [1.54, 1.807) is 25.2 Å². The predicted molar refractivity (Wildman–Crippen MR) is 117 cm³/mol. The summed E-state index contributed by atoms with van der Waals surface area (Å²) in [5, 5.41) is 39.8. The summed E-state index contributed by atoms with van der Waals surface area (Å²) in [4.78, 5) is 25.5. The second-order valence-electron chi connectivity index (χ2n) is 8.36. The number of rotatable bonds is 3. The van der Waals surface area contributed by atoms with Crippen LogP contribution in [0, 0.1) is 0 Å². The number of hydrogen-bond donors (Lipinski definition) is 4. The van der Waals surface area contributed by atoms with Gasteiger partial charge < -0.3 is 39.4 Å². The molecular weight excluding hydrogens is 472 g/mol. The molecule has 34 heavy (non-hydrogen) atoms. The number of esters is 1. The number of ketones is 1. The third-order valence-corrected chi connectivity index (χ3v) is 6.21. The second-order valence-corrected chi connectivity index (χ2v) is 8.74. The molecule has 1 aromatic rings. The summed E-state index contributed by atoms with van der Waals surface area (Å²) >= 11 is 6.48. The van der Waals surface area contributed by atoms with E-state index in [0.717, 1.165) is 6.07 Å². The first-order valence-electron chi connectivity index (χ1n) is 10.8. The minimum atomic E-state index is -1.51. The lowest BCUT2D eigenvalue weighted by Crippen LogP contribution is -2.35. The third kappa shape index (κ3) is 5.12. The molecule has 4 rings (SSSR count). The normalized spacial score (nSPS) is 35.5. The van der Waals surface area contributed by atoms with E-state index in [2.05, 4.69) is 0 Å². The van der Waals surface area contributed by atoms with Crippen molar-refractivity contribution in [1.82, 2.24) is 0 Å². The van der Waals surface area contributed by atoms with Crippen LogP contribution in [0.15, 0.2) is 30.4 Å². The number of hydrogen-bond acceptors (Lipinski definition) is 10. The zero-order valence-corrected chi connectivity index (χ0v) is 18.9. The van der Waals surface area contributed by atoms with E-state index in [-0.39, 0.29) is 40.5 Å². The Balaban J connectivity index is 1.68. The largest absolute Gasteiger partial charge is 0.507 e. The Kier molecular flexibility index (Phi) is 7.27. The van der Waals surface area contributed by atoms with E-state index in [4.69, 9.17) is 30.5 Å². The molecular formula is C23H25ClO10. The molecule has 0 radical (unpaired) electrons. The van der Waals surface area contributed by atoms with Crippen molar-refractivity contribution in [2.75, 3.05) is 6.61 Å². The molecule has 1 aromatic carbocycles. The number of halogens is 1. The molecule has 4 unspecified atom stereocenters. The standard InChI is InChI=1S/C23H25ClO10/c1-10-6-15-14(32-15)5-3-2-4-11(26)7-12-18(22(30)31-10)13(27)8-16(19(12)24)33-23-21(29)20(28)17(9-25)34-23/h2-5,8,10,14-15,17,20-21,23,25,27-29H,6-7,9H2,1H3/b4-2+,5-3-/t10-,14-,15-,17?,20?,21?,23?/m1/s1. The van der Waals surface area contributed by atoms with E-state index in [9.17, 15) is 30.0 Å². The number of epoxide rings is 1. The number of phenolic OH excluding ortho intramolecular Hbond substituents is 1. The molecule has 0 spiro atoms. The van der Waals surface area contributed by atoms with Crippen LogP contribution in [0.2, 0.25) is 5.02 Å². The van der Waals surface area contributed by atoms with Crippen LogP contribution >= 0.6 is 11.6 Å². The lowest BCUT2D eigenvalue weighted by molar-refractivity contribution is -0.116. The average molecular weight is 497 g/mol. The van der Waals surface area contributed by atoms with Crippen LogP contribution < -0.4 is 4.74 Å². The summed E-state index contributed by atoms with van der Waals surface area (Å²) < 4.78 is 21.8. The van der Waals surface area contributed by atoms with Gasteiger partial charge in [0, 0.05) is 24.5 Å². The van der Waals surface area contributed by atoms with Crippen molar-refractivity contribution in [2.45, 2.75) is 62.7 Å². The van der Waals surface area contributed by atoms with Crippen molar-refractivity contribution < 1.29 is 49.0 Å². The summed E-state index contributed by atoms with van der Waals surface area (Å²) in [5.41, 5.74) is -0.315. The lowest BCUT2D eigenvalue weighted by atomic mass is 9.99. The van der Waals surface area contributed by atoms with Crippen LogP contribution in [0.25, 0.3) is 0 Å². The van der Waals surface area contributed by atoms with Gasteiger partial charge in [-0.2, -0.15) is 0 Å². The Morgan fingerprint density at radius 2 is 1.94 bits per heavy atom. The van der Waals surface area contributed by atoms with Crippen molar-refractivity contribution in [2.24, 2.45) is 0 Å². The Hall–Kier alpha value is -2.47. The van der Waals surface area contributed by atoms with Crippen molar-refractivity contribution in [3.63, 3.8) is 0 Å². The minimum absolute atomic E-state index is 0.0307. The van der Waals surface area contributed by atoms with Gasteiger partial charge in [-0.25, -0.2) is 4.79 Å². The summed E-state index contributed by atoms with van der Waals surface area (Å²) in [6, 6.07) is 1.04. The van der Waals surface area contributed by atoms with Crippen molar-refractivity contribution >= 4 is 23.4 Å². The molecule has 4 N–H and O–H groups in total. The fraction of sp³-hybridized carbons (Fsp3) is 0.478. The highest BCUT2D eigenvalue weighted by Crippen LogP contribution is 2.40. The van der Waals surface area contributed by atoms with Gasteiger partial charge in [-0.1, -0.05) is 29.8 Å². The first-order valence-corrected chi connectivity index (χ1v) is 11.1. The van der Waals surface area contributed by atoms with E-state index in [1.165, 1.54) is 6.08 Å². The van der Waals surface area contributed by atoms with Gasteiger partial charge in [0.15, 0.2) is 5.78 Å². The molecule has 3 aliphatic rings. The molecule has 2 saturated heterocycles. The van der Waals surface area contributed by atoms with Gasteiger partial charge >= 0.3 is 5.97 Å². The third-order valence-electron chi connectivity index (χ3n) is 5.79. The molecule has 7 atom stereocenters. The first kappa shape index (κ1) is 24.6. The predicted octanol–water partition coefficient (Wildman–Crippen LogP) is 0.804. The summed E-state index contributed by atoms with van der Waals surface area (Å²) in [6.45, 7) is 1.13. The average Bonchev–Trinajstić information content (AvgIpc) is 3.46. The Morgan fingerprint density at radius 1 is 1.18 bits per heavy atom. The number of carbonyl (C=O) groups is 2. The molecule has 0 saturated carbocycles. The van der Waals surface area contributed by atoms with Crippen molar-refractivity contribution in [3.05, 3.63) is 46.5 Å². The van der Waals surface area contributed by atoms with Crippen molar-refractivity contribution in [1.29, 1.82) is 0 Å². The van der Waals surface area contributed by atoms with E-state index < -0.39 is 54.8 Å². The van der Waals surface area contributed by atoms with Gasteiger partial charge in [0.2, 0.25) is 6.29 Å². The van der Waals surface area contributed by atoms with Gasteiger partial charge in [0.25, 0.3) is 0 Å². The molecule has 10 nitrogen and oxygen atoms in total. The smallest absolute Gasteiger partial charge is 0.342 e. The molecule has 0 bridgehead atoms. The number of allylic oxidation sites excluding steroid dienone is 3. The van der Waals surface area contributed by atoms with Crippen LogP contribution in [0.5, 0.6) is 11.5 Å². The number of benzene rings is 1. The first-order chi connectivity index (χ1) is 16.2. The number of aliphatic hydroxyl groups is 3. The highest BCUT2D eigenvalue weighted by atomic mass is 35.5. The molecule has 184 valence electrons. The summed E-state index contributed by atoms with van der Waals surface area (Å²) in [7, 11) is 0. The fourth-order valence-electron chi connectivity index (χ4n) is 3.94. The van der Waals surface area contributed by atoms with Gasteiger partial charge in [-0.3, -0.25) is 4.79 Å². The molecule has 2 fully saturated rings. The maximum atomic E-state index is 12.9. The Labute approximate surface area is 199 Å². The Bertz CT molecular complexity index is 1020. The van der Waals surface area contributed by atoms with Gasteiger partial charge in [-0.15, -0.1) is 0 Å². The molecule has 0 aromatic heterocycles. The number of aromatic hydroxyl groups is 1. The zero-order chi connectivity index (χ0) is 24.6. The second kappa shape index (κ2) is 10.0. The SMILES string of the molecule is C[C@@H]1C[C@H]2O[C@@H]2/C=C\C=C\C(=O)Cc2c(Cl)c(OC3OC(CO)C(O)C3O)cc(O)c2C(=O)O1. The number of phenols is 1. The molecule has 3 heterocycles. The number of ether oxygens (including phenoxy) is 4. The highest BCUT2D eigenvalue weighted by Gasteiger charge is 2.44. The van der Waals surface area contributed by atoms with Gasteiger partial charge in [-0.05, 0) is 13.0 Å². The van der Waals surface area contributed by atoms with Crippen LogP contribution in [0.4, 0.5) is 0 Å². The molecule has 3 aliphatic heterocycles. The van der Waals surface area contributed by atoms with Gasteiger partial charge in [0.05, 0.1) is 17.7 Å². The molecule has 11 heteroatoms. The van der Waals surface area contributed by atoms with E-state index >= 15 is 0 Å². The van der Waals surface area contributed by atoms with Crippen LogP contribution in [0.1, 0.15) is 29.3 Å². The fourth-order valence-corrected chi connectivity index (χ4v) is 4.20. The number of carbonyl (C=O) groups excluding carboxylic acids is 2. The number of aliphatic hydroxyl groups excluding tert-OH is 3. The van der Waals surface area contributed by atoms with E-state index in [1.807, 2.05) is 0 Å². The zero-order valence-electron chi connectivity index (χ0n) is 18.2. The van der Waals surface area contributed by atoms with Crippen LogP contribution in [0.3, 0.4) is 0 Å². The maximum absolute atomic E-state index is 12.9. The van der Waals surface area contributed by atoms with Crippen molar-refractivity contribution in [3.8, 4) is 11.5 Å².